The van der Waals surface area contributed by atoms with Gasteiger partial charge >= 0.3 is 0 Å². The third kappa shape index (κ3) is 5.43. The number of carbonyl (C=O) groups excluding carboxylic acids is 2. The lowest BCUT2D eigenvalue weighted by Crippen LogP contribution is -2.33. The van der Waals surface area contributed by atoms with Crippen molar-refractivity contribution >= 4 is 11.6 Å². The predicted molar refractivity (Wildman–Crippen MR) is 102 cm³/mol. The molecule has 0 spiro atoms. The van der Waals surface area contributed by atoms with Crippen LogP contribution in [0.15, 0.2) is 23.3 Å². The van der Waals surface area contributed by atoms with Gasteiger partial charge in [-0.1, -0.05) is 69.2 Å². The average molecular weight is 333 g/mol. The molecule has 0 aromatic heterocycles. The van der Waals surface area contributed by atoms with Gasteiger partial charge in [0.25, 0.3) is 0 Å². The van der Waals surface area contributed by atoms with Crippen molar-refractivity contribution in [2.45, 2.75) is 82.1 Å². The van der Waals surface area contributed by atoms with Gasteiger partial charge in [0.1, 0.15) is 0 Å². The van der Waals surface area contributed by atoms with Gasteiger partial charge in [0.15, 0.2) is 11.6 Å². The van der Waals surface area contributed by atoms with E-state index >= 15 is 0 Å². The largest absolute Gasteiger partial charge is 0.290 e. The van der Waals surface area contributed by atoms with Crippen LogP contribution in [0.5, 0.6) is 0 Å². The molecule has 0 atom stereocenters. The maximum Gasteiger partial charge on any atom is 0.182 e. The van der Waals surface area contributed by atoms with E-state index in [0.717, 1.165) is 12.8 Å². The molecule has 0 saturated heterocycles. The van der Waals surface area contributed by atoms with Crippen LogP contribution in [-0.4, -0.2) is 11.6 Å². The van der Waals surface area contributed by atoms with Gasteiger partial charge in [-0.15, -0.1) is 0 Å². The van der Waals surface area contributed by atoms with Gasteiger partial charge in [-0.3, -0.25) is 9.59 Å². The maximum absolute atomic E-state index is 12.8. The van der Waals surface area contributed by atoms with Gasteiger partial charge in [-0.05, 0) is 46.7 Å². The van der Waals surface area contributed by atoms with Gasteiger partial charge in [-0.25, -0.2) is 0 Å². The van der Waals surface area contributed by atoms with E-state index in [2.05, 4.69) is 69.2 Å². The molecule has 24 heavy (non-hydrogen) atoms. The smallest absolute Gasteiger partial charge is 0.182 e. The Morgan fingerprint density at radius 2 is 0.833 bits per heavy atom. The summed E-state index contributed by atoms with van der Waals surface area (Å²) in [5.74, 6) is 0.00154. The quantitative estimate of drug-likeness (QED) is 0.599. The van der Waals surface area contributed by atoms with Gasteiger partial charge in [0.05, 0.1) is 0 Å². The highest BCUT2D eigenvalue weighted by molar-refractivity contribution is 6.20. The Bertz CT molecular complexity index is 530. The molecule has 0 bridgehead atoms. The van der Waals surface area contributed by atoms with Crippen molar-refractivity contribution in [2.24, 2.45) is 21.7 Å². The van der Waals surface area contributed by atoms with E-state index in [1.54, 1.807) is 12.2 Å². The Morgan fingerprint density at radius 3 is 1.04 bits per heavy atom. The first kappa shape index (κ1) is 20.9. The molecule has 0 aromatic carbocycles. The topological polar surface area (TPSA) is 34.1 Å². The lowest BCUT2D eigenvalue weighted by molar-refractivity contribution is -0.116. The lowest BCUT2D eigenvalue weighted by atomic mass is 9.66. The number of allylic oxidation sites excluding steroid dienone is 4. The molecule has 2 nitrogen and oxygen atoms in total. The van der Waals surface area contributed by atoms with Crippen LogP contribution < -0.4 is 0 Å². The summed E-state index contributed by atoms with van der Waals surface area (Å²) in [6, 6.07) is 0. The SMILES string of the molecule is CC(C)(C)CC(C)(C)C1=CC(=O)C(C(C)(C)CC(C)(C)C)=CC1=O. The Hall–Kier alpha value is -1.18. The molecule has 0 aromatic rings. The van der Waals surface area contributed by atoms with E-state index in [0.29, 0.717) is 11.1 Å². The maximum atomic E-state index is 12.8. The summed E-state index contributed by atoms with van der Waals surface area (Å²) in [6.07, 6.45) is 4.93. The normalized spacial score (nSPS) is 17.8. The van der Waals surface area contributed by atoms with Gasteiger partial charge in [0.2, 0.25) is 0 Å². The second-order valence-corrected chi connectivity index (χ2v) is 11.1. The number of hydrogen-bond acceptors (Lipinski definition) is 2. The third-order valence-electron chi connectivity index (χ3n) is 4.48. The van der Waals surface area contributed by atoms with Crippen LogP contribution in [-0.2, 0) is 9.59 Å². The number of hydrogen-bond donors (Lipinski definition) is 0. The number of ketones is 2. The first-order valence-corrected chi connectivity index (χ1v) is 8.98. The summed E-state index contributed by atoms with van der Waals surface area (Å²) < 4.78 is 0. The van der Waals surface area contributed by atoms with Crippen molar-refractivity contribution in [3.8, 4) is 0 Å². The van der Waals surface area contributed by atoms with E-state index in [-0.39, 0.29) is 33.2 Å². The van der Waals surface area contributed by atoms with E-state index in [1.165, 1.54) is 0 Å². The molecule has 0 saturated carbocycles. The zero-order chi connectivity index (χ0) is 19.1. The molecular formula is C22H36O2. The molecule has 1 rings (SSSR count). The second-order valence-electron chi connectivity index (χ2n) is 11.1. The minimum Gasteiger partial charge on any atom is -0.290 e. The Labute approximate surface area is 148 Å². The molecule has 0 N–H and O–H groups in total. The van der Waals surface area contributed by atoms with Crippen molar-refractivity contribution in [2.75, 3.05) is 0 Å². The molecule has 0 unspecified atom stereocenters. The van der Waals surface area contributed by atoms with Crippen LogP contribution in [0.25, 0.3) is 0 Å². The minimum absolute atomic E-state index is 0.000772. The monoisotopic (exact) mass is 332 g/mol. The summed E-state index contributed by atoms with van der Waals surface area (Å²) >= 11 is 0. The average Bonchev–Trinajstić information content (AvgIpc) is 2.24. The third-order valence-corrected chi connectivity index (χ3v) is 4.48. The van der Waals surface area contributed by atoms with Crippen LogP contribution in [0.4, 0.5) is 0 Å². The molecule has 0 heterocycles. The Balaban J connectivity index is 3.16. The van der Waals surface area contributed by atoms with Crippen molar-refractivity contribution in [1.82, 2.24) is 0 Å². The minimum atomic E-state index is -0.304. The highest BCUT2D eigenvalue weighted by atomic mass is 16.1. The highest BCUT2D eigenvalue weighted by Gasteiger charge is 2.39. The first-order valence-electron chi connectivity index (χ1n) is 8.98. The van der Waals surface area contributed by atoms with E-state index in [9.17, 15) is 9.59 Å². The van der Waals surface area contributed by atoms with Crippen LogP contribution >= 0.6 is 0 Å². The van der Waals surface area contributed by atoms with E-state index in [1.807, 2.05) is 0 Å². The highest BCUT2D eigenvalue weighted by Crippen LogP contribution is 2.44. The fourth-order valence-electron chi connectivity index (χ4n) is 4.46. The number of rotatable bonds is 4. The summed E-state index contributed by atoms with van der Waals surface area (Å²) in [4.78, 5) is 25.6. The molecule has 1 aliphatic rings. The van der Waals surface area contributed by atoms with Gasteiger partial charge in [-0.2, -0.15) is 0 Å². The van der Waals surface area contributed by atoms with Crippen molar-refractivity contribution < 1.29 is 9.59 Å². The molecule has 2 heteroatoms. The lowest BCUT2D eigenvalue weighted by Gasteiger charge is -2.37. The van der Waals surface area contributed by atoms with Gasteiger partial charge < -0.3 is 0 Å². The zero-order valence-corrected chi connectivity index (χ0v) is 17.4. The molecule has 136 valence electrons. The summed E-state index contributed by atoms with van der Waals surface area (Å²) in [7, 11) is 0. The Kier molecular flexibility index (Phi) is 5.46. The van der Waals surface area contributed by atoms with Crippen LogP contribution in [0.3, 0.4) is 0 Å². The van der Waals surface area contributed by atoms with Crippen LogP contribution in [0.2, 0.25) is 0 Å². The fraction of sp³-hybridized carbons (Fsp3) is 0.727. The molecule has 1 aliphatic carbocycles. The standard InChI is InChI=1S/C22H36O2/c1-19(2,3)13-21(7,8)15-11-18(24)16(12-17(15)23)22(9,10)14-20(4,5)6/h11-12H,13-14H2,1-10H3. The Morgan fingerprint density at radius 1 is 0.583 bits per heavy atom. The predicted octanol–water partition coefficient (Wildman–Crippen LogP) is 5.92. The van der Waals surface area contributed by atoms with Gasteiger partial charge in [0, 0.05) is 11.1 Å². The van der Waals surface area contributed by atoms with E-state index < -0.39 is 0 Å². The van der Waals surface area contributed by atoms with Crippen molar-refractivity contribution in [3.63, 3.8) is 0 Å². The first-order chi connectivity index (χ1) is 10.4. The molecular weight excluding hydrogens is 296 g/mol. The van der Waals surface area contributed by atoms with Crippen LogP contribution in [0.1, 0.15) is 82.1 Å². The van der Waals surface area contributed by atoms with Crippen molar-refractivity contribution in [3.05, 3.63) is 23.3 Å². The fourth-order valence-corrected chi connectivity index (χ4v) is 4.46. The molecule has 0 fully saturated rings. The summed E-state index contributed by atoms with van der Waals surface area (Å²) in [5.41, 5.74) is 0.893. The number of carbonyl (C=O) groups is 2. The van der Waals surface area contributed by atoms with Crippen LogP contribution in [0, 0.1) is 21.7 Å². The summed E-state index contributed by atoms with van der Waals surface area (Å²) in [5, 5.41) is 0. The van der Waals surface area contributed by atoms with Crippen molar-refractivity contribution in [1.29, 1.82) is 0 Å². The summed E-state index contributed by atoms with van der Waals surface area (Å²) in [6.45, 7) is 21.2. The second kappa shape index (κ2) is 6.28. The molecule has 0 amide bonds. The van der Waals surface area contributed by atoms with E-state index in [4.69, 9.17) is 0 Å². The molecule has 0 radical (unpaired) electrons. The zero-order valence-electron chi connectivity index (χ0n) is 17.4. The molecule has 0 aliphatic heterocycles.